The number of hydrogen-bond acceptors (Lipinski definition) is 5. The molecule has 2 aliphatic rings. The lowest BCUT2D eigenvalue weighted by Crippen LogP contribution is -2.41. The zero-order chi connectivity index (χ0) is 16.7. The number of unbranched alkanes of at least 4 members (excludes halogenated alkanes) is 1. The molecule has 0 atom stereocenters. The SMILES string of the molecule is CCCCOc1ccc2c(c1B1OC(C)(C)C(C)(C)O1)OCO2. The molecule has 1 fully saturated rings. The van der Waals surface area contributed by atoms with Crippen LogP contribution in [0.4, 0.5) is 0 Å². The molecule has 0 amide bonds. The first-order valence-corrected chi connectivity index (χ1v) is 8.26. The highest BCUT2D eigenvalue weighted by atomic mass is 16.7. The Morgan fingerprint density at radius 2 is 1.78 bits per heavy atom. The monoisotopic (exact) mass is 320 g/mol. The van der Waals surface area contributed by atoms with E-state index in [9.17, 15) is 0 Å². The van der Waals surface area contributed by atoms with Gasteiger partial charge in [0.2, 0.25) is 6.79 Å². The average Bonchev–Trinajstić information content (AvgIpc) is 3.01. The zero-order valence-electron chi connectivity index (χ0n) is 14.6. The third-order valence-corrected chi connectivity index (χ3v) is 4.78. The molecular weight excluding hydrogens is 295 g/mol. The Morgan fingerprint density at radius 3 is 2.43 bits per heavy atom. The minimum absolute atomic E-state index is 0.209. The highest BCUT2D eigenvalue weighted by molar-refractivity contribution is 6.64. The molecule has 1 aromatic carbocycles. The van der Waals surface area contributed by atoms with E-state index < -0.39 is 18.3 Å². The van der Waals surface area contributed by atoms with Gasteiger partial charge in [-0.1, -0.05) is 13.3 Å². The molecule has 5 nitrogen and oxygen atoms in total. The lowest BCUT2D eigenvalue weighted by Gasteiger charge is -2.32. The second-order valence-electron chi connectivity index (χ2n) is 7.00. The molecule has 0 N–H and O–H groups in total. The van der Waals surface area contributed by atoms with E-state index in [0.29, 0.717) is 18.1 Å². The molecule has 23 heavy (non-hydrogen) atoms. The van der Waals surface area contributed by atoms with E-state index in [1.54, 1.807) is 0 Å². The van der Waals surface area contributed by atoms with E-state index in [4.69, 9.17) is 23.5 Å². The van der Waals surface area contributed by atoms with Crippen LogP contribution < -0.4 is 19.7 Å². The van der Waals surface area contributed by atoms with Crippen LogP contribution >= 0.6 is 0 Å². The van der Waals surface area contributed by atoms with E-state index in [1.807, 2.05) is 39.8 Å². The van der Waals surface area contributed by atoms with Crippen molar-refractivity contribution in [2.45, 2.75) is 58.7 Å². The van der Waals surface area contributed by atoms with E-state index >= 15 is 0 Å². The molecule has 0 aliphatic carbocycles. The molecule has 0 spiro atoms. The van der Waals surface area contributed by atoms with Gasteiger partial charge in [0, 0.05) is 0 Å². The fourth-order valence-electron chi connectivity index (χ4n) is 2.61. The van der Waals surface area contributed by atoms with Crippen molar-refractivity contribution in [2.75, 3.05) is 13.4 Å². The third-order valence-electron chi connectivity index (χ3n) is 4.78. The van der Waals surface area contributed by atoms with Crippen molar-refractivity contribution < 1.29 is 23.5 Å². The summed E-state index contributed by atoms with van der Waals surface area (Å²) in [6.07, 6.45) is 2.08. The summed E-state index contributed by atoms with van der Waals surface area (Å²) in [5.41, 5.74) is -0.0455. The van der Waals surface area contributed by atoms with Gasteiger partial charge in [-0.3, -0.25) is 0 Å². The molecular formula is C17H25BO5. The summed E-state index contributed by atoms with van der Waals surface area (Å²) in [6, 6.07) is 3.78. The standard InChI is InChI=1S/C17H25BO5/c1-6-7-10-19-12-8-9-13-15(21-11-20-13)14(12)18-22-16(2,3)17(4,5)23-18/h8-9H,6-7,10-11H2,1-5H3. The van der Waals surface area contributed by atoms with Gasteiger partial charge in [-0.2, -0.15) is 0 Å². The average molecular weight is 320 g/mol. The smallest absolute Gasteiger partial charge is 0.494 e. The molecule has 1 aromatic rings. The Bertz CT molecular complexity index is 569. The second-order valence-corrected chi connectivity index (χ2v) is 7.00. The Kier molecular flexibility index (Phi) is 4.23. The molecule has 0 radical (unpaired) electrons. The lowest BCUT2D eigenvalue weighted by atomic mass is 9.77. The Morgan fingerprint density at radius 1 is 1.09 bits per heavy atom. The summed E-state index contributed by atoms with van der Waals surface area (Å²) in [4.78, 5) is 0. The van der Waals surface area contributed by atoms with Crippen LogP contribution in [0.1, 0.15) is 47.5 Å². The topological polar surface area (TPSA) is 46.2 Å². The summed E-state index contributed by atoms with van der Waals surface area (Å²) in [5.74, 6) is 2.11. The lowest BCUT2D eigenvalue weighted by molar-refractivity contribution is 0.00578. The molecule has 2 aliphatic heterocycles. The Labute approximate surface area is 138 Å². The predicted octanol–water partition coefficient (Wildman–Crippen LogP) is 2.89. The molecule has 0 unspecified atom stereocenters. The highest BCUT2D eigenvalue weighted by Gasteiger charge is 2.54. The van der Waals surface area contributed by atoms with Crippen LogP contribution in [0.2, 0.25) is 0 Å². The molecule has 126 valence electrons. The quantitative estimate of drug-likeness (QED) is 0.617. The van der Waals surface area contributed by atoms with Crippen molar-refractivity contribution in [3.05, 3.63) is 12.1 Å². The maximum atomic E-state index is 6.18. The first-order valence-electron chi connectivity index (χ1n) is 8.26. The van der Waals surface area contributed by atoms with Crippen LogP contribution in [0.15, 0.2) is 12.1 Å². The van der Waals surface area contributed by atoms with Crippen molar-refractivity contribution in [3.8, 4) is 17.2 Å². The highest BCUT2D eigenvalue weighted by Crippen LogP contribution is 2.41. The van der Waals surface area contributed by atoms with Gasteiger partial charge in [-0.15, -0.1) is 0 Å². The molecule has 1 saturated heterocycles. The number of hydrogen-bond donors (Lipinski definition) is 0. The third kappa shape index (κ3) is 2.90. The minimum Gasteiger partial charge on any atom is -0.494 e. The van der Waals surface area contributed by atoms with Gasteiger partial charge in [-0.05, 0) is 46.2 Å². The maximum absolute atomic E-state index is 6.18. The van der Waals surface area contributed by atoms with Crippen molar-refractivity contribution >= 4 is 12.6 Å². The van der Waals surface area contributed by atoms with Gasteiger partial charge in [0.1, 0.15) is 5.75 Å². The summed E-state index contributed by atoms with van der Waals surface area (Å²) < 4.78 is 29.5. The van der Waals surface area contributed by atoms with Gasteiger partial charge in [0.05, 0.1) is 23.3 Å². The van der Waals surface area contributed by atoms with Gasteiger partial charge >= 0.3 is 7.12 Å². The zero-order valence-corrected chi connectivity index (χ0v) is 14.6. The predicted molar refractivity (Wildman–Crippen MR) is 88.7 cm³/mol. The second kappa shape index (κ2) is 5.91. The van der Waals surface area contributed by atoms with E-state index in [1.165, 1.54) is 0 Å². The van der Waals surface area contributed by atoms with Crippen molar-refractivity contribution in [1.82, 2.24) is 0 Å². The molecule has 3 rings (SSSR count). The molecule has 0 saturated carbocycles. The fourth-order valence-corrected chi connectivity index (χ4v) is 2.61. The van der Waals surface area contributed by atoms with Gasteiger partial charge in [0.25, 0.3) is 0 Å². The van der Waals surface area contributed by atoms with Crippen LogP contribution in [0.25, 0.3) is 0 Å². The van der Waals surface area contributed by atoms with Crippen molar-refractivity contribution in [1.29, 1.82) is 0 Å². The van der Waals surface area contributed by atoms with Gasteiger partial charge in [-0.25, -0.2) is 0 Å². The summed E-state index contributed by atoms with van der Waals surface area (Å²) in [7, 11) is -0.534. The fraction of sp³-hybridized carbons (Fsp3) is 0.647. The van der Waals surface area contributed by atoms with E-state index in [2.05, 4.69) is 6.92 Å². The van der Waals surface area contributed by atoms with Crippen LogP contribution in [0, 0.1) is 0 Å². The first kappa shape index (κ1) is 16.5. The first-order chi connectivity index (χ1) is 10.9. The van der Waals surface area contributed by atoms with Crippen LogP contribution in [0.5, 0.6) is 17.2 Å². The van der Waals surface area contributed by atoms with Crippen molar-refractivity contribution in [2.24, 2.45) is 0 Å². The normalized spacial score (nSPS) is 20.8. The molecule has 6 heteroatoms. The van der Waals surface area contributed by atoms with Gasteiger partial charge < -0.3 is 23.5 Å². The Hall–Kier alpha value is -1.40. The van der Waals surface area contributed by atoms with Crippen LogP contribution in [-0.4, -0.2) is 31.7 Å². The Balaban J connectivity index is 1.95. The summed E-state index contributed by atoms with van der Waals surface area (Å²) >= 11 is 0. The number of ether oxygens (including phenoxy) is 3. The van der Waals surface area contributed by atoms with E-state index in [-0.39, 0.29) is 6.79 Å². The van der Waals surface area contributed by atoms with E-state index in [0.717, 1.165) is 24.1 Å². The maximum Gasteiger partial charge on any atom is 0.502 e. The van der Waals surface area contributed by atoms with Crippen molar-refractivity contribution in [3.63, 3.8) is 0 Å². The molecule has 2 heterocycles. The molecule has 0 bridgehead atoms. The summed E-state index contributed by atoms with van der Waals surface area (Å²) in [6.45, 7) is 11.1. The minimum atomic E-state index is -0.534. The van der Waals surface area contributed by atoms with Crippen LogP contribution in [-0.2, 0) is 9.31 Å². The van der Waals surface area contributed by atoms with Crippen LogP contribution in [0.3, 0.4) is 0 Å². The number of fused-ring (bicyclic) bond motifs is 1. The number of rotatable bonds is 5. The molecule has 0 aromatic heterocycles. The largest absolute Gasteiger partial charge is 0.502 e. The van der Waals surface area contributed by atoms with Gasteiger partial charge in [0.15, 0.2) is 11.5 Å². The summed E-state index contributed by atoms with van der Waals surface area (Å²) in [5, 5.41) is 0. The number of benzene rings is 1.